The van der Waals surface area contributed by atoms with Gasteiger partial charge in [0.1, 0.15) is 11.5 Å². The SMILES string of the molecule is COc1ccc(C(=O)N2C[C@H]3CCN(S(C)(=O)=O)[C@H]3C2)c(OC)c1. The van der Waals surface area contributed by atoms with E-state index in [9.17, 15) is 13.2 Å². The van der Waals surface area contributed by atoms with Crippen molar-refractivity contribution in [3.63, 3.8) is 0 Å². The van der Waals surface area contributed by atoms with E-state index >= 15 is 0 Å². The fraction of sp³-hybridized carbons (Fsp3) is 0.562. The van der Waals surface area contributed by atoms with Crippen LogP contribution in [0.2, 0.25) is 0 Å². The third kappa shape index (κ3) is 2.95. The minimum Gasteiger partial charge on any atom is -0.497 e. The van der Waals surface area contributed by atoms with Crippen LogP contribution < -0.4 is 9.47 Å². The minimum absolute atomic E-state index is 0.117. The molecule has 0 bridgehead atoms. The van der Waals surface area contributed by atoms with Crippen molar-refractivity contribution in [1.82, 2.24) is 9.21 Å². The molecule has 0 aliphatic carbocycles. The highest BCUT2D eigenvalue weighted by atomic mass is 32.2. The van der Waals surface area contributed by atoms with Crippen LogP contribution in [0.25, 0.3) is 0 Å². The first-order valence-corrected chi connectivity index (χ1v) is 9.68. The first kappa shape index (κ1) is 17.0. The number of amides is 1. The van der Waals surface area contributed by atoms with Crippen LogP contribution in [0.15, 0.2) is 18.2 Å². The van der Waals surface area contributed by atoms with Crippen LogP contribution in [-0.2, 0) is 10.0 Å². The Kier molecular flexibility index (Phi) is 4.44. The lowest BCUT2D eigenvalue weighted by atomic mass is 10.1. The number of ether oxygens (including phenoxy) is 2. The molecule has 3 rings (SSSR count). The Bertz CT molecular complexity index is 749. The summed E-state index contributed by atoms with van der Waals surface area (Å²) in [6.45, 7) is 1.54. The lowest BCUT2D eigenvalue weighted by Crippen LogP contribution is -2.40. The number of sulfonamides is 1. The van der Waals surface area contributed by atoms with Crippen molar-refractivity contribution in [1.29, 1.82) is 0 Å². The number of carbonyl (C=O) groups excluding carboxylic acids is 1. The Morgan fingerprint density at radius 3 is 2.58 bits per heavy atom. The van der Waals surface area contributed by atoms with E-state index in [1.165, 1.54) is 17.7 Å². The van der Waals surface area contributed by atoms with Gasteiger partial charge in [-0.2, -0.15) is 4.31 Å². The van der Waals surface area contributed by atoms with Gasteiger partial charge in [-0.05, 0) is 24.5 Å². The molecule has 2 aliphatic heterocycles. The molecule has 7 nitrogen and oxygen atoms in total. The summed E-state index contributed by atoms with van der Waals surface area (Å²) in [7, 11) is -0.175. The van der Waals surface area contributed by atoms with Crippen molar-refractivity contribution >= 4 is 15.9 Å². The molecule has 1 aromatic rings. The molecule has 2 atom stereocenters. The van der Waals surface area contributed by atoms with Gasteiger partial charge in [0.2, 0.25) is 10.0 Å². The molecule has 2 aliphatic rings. The second-order valence-corrected chi connectivity index (χ2v) is 8.20. The second-order valence-electron chi connectivity index (χ2n) is 6.27. The minimum atomic E-state index is -3.24. The van der Waals surface area contributed by atoms with Gasteiger partial charge in [0.05, 0.1) is 26.0 Å². The van der Waals surface area contributed by atoms with Gasteiger partial charge >= 0.3 is 0 Å². The average molecular weight is 354 g/mol. The number of fused-ring (bicyclic) bond motifs is 1. The molecule has 132 valence electrons. The summed E-state index contributed by atoms with van der Waals surface area (Å²) in [5.41, 5.74) is 0.462. The van der Waals surface area contributed by atoms with Gasteiger partial charge in [-0.1, -0.05) is 0 Å². The molecular formula is C16H22N2O5S. The molecule has 24 heavy (non-hydrogen) atoms. The Morgan fingerprint density at radius 2 is 1.96 bits per heavy atom. The fourth-order valence-electron chi connectivity index (χ4n) is 3.65. The van der Waals surface area contributed by atoms with Crippen LogP contribution in [0.5, 0.6) is 11.5 Å². The molecule has 2 saturated heterocycles. The summed E-state index contributed by atoms with van der Waals surface area (Å²) in [5.74, 6) is 1.13. The van der Waals surface area contributed by atoms with Crippen LogP contribution in [0.4, 0.5) is 0 Å². The summed E-state index contributed by atoms with van der Waals surface area (Å²) in [6.07, 6.45) is 2.02. The number of likely N-dealkylation sites (tertiary alicyclic amines) is 1. The number of hydrogen-bond donors (Lipinski definition) is 0. The Labute approximate surface area is 142 Å². The van der Waals surface area contributed by atoms with Crippen molar-refractivity contribution in [3.05, 3.63) is 23.8 Å². The monoisotopic (exact) mass is 354 g/mol. The molecule has 2 heterocycles. The molecule has 0 unspecified atom stereocenters. The Morgan fingerprint density at radius 1 is 1.21 bits per heavy atom. The predicted octanol–water partition coefficient (Wildman–Crippen LogP) is 0.810. The lowest BCUT2D eigenvalue weighted by molar-refractivity contribution is 0.0775. The summed E-state index contributed by atoms with van der Waals surface area (Å²) in [5, 5.41) is 0. The standard InChI is InChI=1S/C16H22N2O5S/c1-22-12-4-5-13(15(8-12)23-2)16(19)17-9-11-6-7-18(14(11)10-17)24(3,20)21/h4-5,8,11,14H,6-7,9-10H2,1-3H3/t11-,14+/m1/s1. The van der Waals surface area contributed by atoms with Gasteiger partial charge < -0.3 is 14.4 Å². The molecule has 0 spiro atoms. The molecule has 8 heteroatoms. The topological polar surface area (TPSA) is 76.2 Å². The van der Waals surface area contributed by atoms with E-state index in [0.717, 1.165) is 6.42 Å². The Hall–Kier alpha value is -1.80. The molecule has 2 fully saturated rings. The van der Waals surface area contributed by atoms with Gasteiger partial charge in [0, 0.05) is 31.7 Å². The predicted molar refractivity (Wildman–Crippen MR) is 88.9 cm³/mol. The van der Waals surface area contributed by atoms with E-state index in [4.69, 9.17) is 9.47 Å². The average Bonchev–Trinajstić information content (AvgIpc) is 3.12. The number of rotatable bonds is 4. The smallest absolute Gasteiger partial charge is 0.257 e. The maximum Gasteiger partial charge on any atom is 0.257 e. The first-order valence-electron chi connectivity index (χ1n) is 7.83. The second kappa shape index (κ2) is 6.25. The van der Waals surface area contributed by atoms with Crippen LogP contribution in [0.3, 0.4) is 0 Å². The largest absolute Gasteiger partial charge is 0.497 e. The van der Waals surface area contributed by atoms with Gasteiger partial charge in [-0.15, -0.1) is 0 Å². The molecule has 0 aromatic heterocycles. The number of hydrogen-bond acceptors (Lipinski definition) is 5. The van der Waals surface area contributed by atoms with Crippen molar-refractivity contribution in [2.75, 3.05) is 40.1 Å². The van der Waals surface area contributed by atoms with Gasteiger partial charge in [-0.25, -0.2) is 8.42 Å². The Balaban J connectivity index is 1.81. The summed E-state index contributed by atoms with van der Waals surface area (Å²) in [6, 6.07) is 4.96. The van der Waals surface area contributed by atoms with Crippen molar-refractivity contribution < 1.29 is 22.7 Å². The van der Waals surface area contributed by atoms with Crippen LogP contribution in [0, 0.1) is 5.92 Å². The van der Waals surface area contributed by atoms with E-state index in [1.54, 1.807) is 30.2 Å². The molecule has 0 saturated carbocycles. The lowest BCUT2D eigenvalue weighted by Gasteiger charge is -2.23. The first-order chi connectivity index (χ1) is 11.3. The zero-order valence-corrected chi connectivity index (χ0v) is 14.9. The fourth-order valence-corrected chi connectivity index (χ4v) is 4.81. The molecule has 1 amide bonds. The maximum absolute atomic E-state index is 12.9. The van der Waals surface area contributed by atoms with Crippen molar-refractivity contribution in [2.45, 2.75) is 12.5 Å². The zero-order valence-electron chi connectivity index (χ0n) is 14.1. The third-order valence-corrected chi connectivity index (χ3v) is 6.15. The van der Waals surface area contributed by atoms with Gasteiger partial charge in [-0.3, -0.25) is 4.79 Å². The summed E-state index contributed by atoms with van der Waals surface area (Å²) >= 11 is 0. The highest BCUT2D eigenvalue weighted by Gasteiger charge is 2.46. The van der Waals surface area contributed by atoms with E-state index in [1.807, 2.05) is 0 Å². The normalized spacial score (nSPS) is 24.0. The van der Waals surface area contributed by atoms with Crippen LogP contribution in [0.1, 0.15) is 16.8 Å². The number of benzene rings is 1. The number of carbonyl (C=O) groups is 1. The van der Waals surface area contributed by atoms with E-state index in [0.29, 0.717) is 36.7 Å². The summed E-state index contributed by atoms with van der Waals surface area (Å²) in [4.78, 5) is 14.6. The van der Waals surface area contributed by atoms with E-state index in [-0.39, 0.29) is 17.9 Å². The van der Waals surface area contributed by atoms with Crippen molar-refractivity contribution in [2.24, 2.45) is 5.92 Å². The highest BCUT2D eigenvalue weighted by Crippen LogP contribution is 2.35. The summed E-state index contributed by atoms with van der Waals surface area (Å²) < 4.78 is 35.7. The zero-order chi connectivity index (χ0) is 17.5. The molecular weight excluding hydrogens is 332 g/mol. The van der Waals surface area contributed by atoms with Crippen molar-refractivity contribution in [3.8, 4) is 11.5 Å². The van der Waals surface area contributed by atoms with Gasteiger partial charge in [0.25, 0.3) is 5.91 Å². The number of nitrogens with zero attached hydrogens (tertiary/aromatic N) is 2. The molecule has 1 aromatic carbocycles. The quantitative estimate of drug-likeness (QED) is 0.800. The van der Waals surface area contributed by atoms with E-state index in [2.05, 4.69) is 0 Å². The van der Waals surface area contributed by atoms with Crippen LogP contribution >= 0.6 is 0 Å². The molecule has 0 radical (unpaired) electrons. The molecule has 0 N–H and O–H groups in total. The maximum atomic E-state index is 12.9. The third-order valence-electron chi connectivity index (χ3n) is 4.85. The van der Waals surface area contributed by atoms with E-state index < -0.39 is 10.0 Å². The van der Waals surface area contributed by atoms with Gasteiger partial charge in [0.15, 0.2) is 0 Å². The van der Waals surface area contributed by atoms with Crippen LogP contribution in [-0.4, -0.2) is 69.7 Å². The number of methoxy groups -OCH3 is 2. The highest BCUT2D eigenvalue weighted by molar-refractivity contribution is 7.88.